The minimum Gasteiger partial charge on any atom is -0.276 e. The predicted octanol–water partition coefficient (Wildman–Crippen LogP) is 3.18. The Balaban J connectivity index is 1.96. The molecule has 1 fully saturated rings. The average molecular weight is 340 g/mol. The van der Waals surface area contributed by atoms with Crippen LogP contribution >= 0.6 is 11.3 Å². The zero-order chi connectivity index (χ0) is 16.7. The van der Waals surface area contributed by atoms with Gasteiger partial charge in [-0.25, -0.2) is 18.2 Å². The second-order valence-electron chi connectivity index (χ2n) is 5.13. The summed E-state index contributed by atoms with van der Waals surface area (Å²) in [5.41, 5.74) is -0.357. The van der Waals surface area contributed by atoms with Crippen LogP contribution < -0.4 is 0 Å². The molecule has 2 amide bonds. The van der Waals surface area contributed by atoms with Crippen molar-refractivity contribution in [1.29, 1.82) is 0 Å². The van der Waals surface area contributed by atoms with Crippen molar-refractivity contribution >= 4 is 23.2 Å². The third-order valence-corrected chi connectivity index (χ3v) is 4.49. The van der Waals surface area contributed by atoms with E-state index in [-0.39, 0.29) is 36.9 Å². The van der Waals surface area contributed by atoms with Gasteiger partial charge in [-0.3, -0.25) is 14.5 Å². The van der Waals surface area contributed by atoms with Crippen LogP contribution in [0.15, 0.2) is 12.1 Å². The maximum Gasteiger partial charge on any atom is 0.230 e. The molecular formula is C15H11F3N2O2S. The zero-order valence-electron chi connectivity index (χ0n) is 12.0. The predicted molar refractivity (Wildman–Crippen MR) is 77.0 cm³/mol. The number of nitrogens with zero attached hydrogens (tertiary/aromatic N) is 2. The molecule has 2 aromatic rings. The number of carbonyl (C=O) groups is 2. The van der Waals surface area contributed by atoms with Crippen molar-refractivity contribution in [2.75, 3.05) is 0 Å². The number of aryl methyl sites for hydroxylation is 1. The van der Waals surface area contributed by atoms with Gasteiger partial charge in [-0.1, -0.05) is 0 Å². The van der Waals surface area contributed by atoms with Crippen molar-refractivity contribution in [2.24, 2.45) is 0 Å². The Labute approximate surface area is 133 Å². The third-order valence-electron chi connectivity index (χ3n) is 3.53. The van der Waals surface area contributed by atoms with Gasteiger partial charge < -0.3 is 0 Å². The lowest BCUT2D eigenvalue weighted by Crippen LogP contribution is -2.28. The fraction of sp³-hybridized carbons (Fsp3) is 0.267. The van der Waals surface area contributed by atoms with E-state index in [1.807, 2.05) is 0 Å². The molecule has 0 N–H and O–H groups in total. The van der Waals surface area contributed by atoms with E-state index in [0.717, 1.165) is 16.2 Å². The van der Waals surface area contributed by atoms with Gasteiger partial charge in [-0.15, -0.1) is 11.3 Å². The van der Waals surface area contributed by atoms with Gasteiger partial charge in [0.05, 0.1) is 17.8 Å². The topological polar surface area (TPSA) is 50.3 Å². The molecule has 0 spiro atoms. The van der Waals surface area contributed by atoms with Crippen molar-refractivity contribution in [1.82, 2.24) is 9.88 Å². The average Bonchev–Trinajstić information content (AvgIpc) is 2.96. The molecule has 1 aliphatic rings. The number of likely N-dealkylation sites (tertiary alicyclic amines) is 1. The van der Waals surface area contributed by atoms with Crippen LogP contribution in [0.1, 0.15) is 22.7 Å². The van der Waals surface area contributed by atoms with Crippen LogP contribution in [0.5, 0.6) is 0 Å². The molecule has 1 saturated heterocycles. The van der Waals surface area contributed by atoms with E-state index in [2.05, 4.69) is 4.98 Å². The van der Waals surface area contributed by atoms with E-state index >= 15 is 0 Å². The summed E-state index contributed by atoms with van der Waals surface area (Å²) >= 11 is 1.14. The van der Waals surface area contributed by atoms with Crippen LogP contribution in [0.2, 0.25) is 0 Å². The molecule has 0 bridgehead atoms. The molecule has 0 aliphatic carbocycles. The smallest absolute Gasteiger partial charge is 0.230 e. The molecule has 120 valence electrons. The van der Waals surface area contributed by atoms with Gasteiger partial charge in [0.15, 0.2) is 0 Å². The van der Waals surface area contributed by atoms with Crippen LogP contribution in [-0.4, -0.2) is 21.7 Å². The van der Waals surface area contributed by atoms with Crippen molar-refractivity contribution < 1.29 is 22.8 Å². The number of thiazole rings is 1. The summed E-state index contributed by atoms with van der Waals surface area (Å²) in [6.45, 7) is 1.60. The van der Waals surface area contributed by atoms with Gasteiger partial charge in [0, 0.05) is 29.9 Å². The normalized spacial score (nSPS) is 14.9. The molecule has 23 heavy (non-hydrogen) atoms. The van der Waals surface area contributed by atoms with Gasteiger partial charge in [-0.2, -0.15) is 0 Å². The van der Waals surface area contributed by atoms with Crippen LogP contribution in [-0.2, 0) is 16.1 Å². The number of rotatable bonds is 3. The third kappa shape index (κ3) is 2.86. The maximum atomic E-state index is 13.9. The molecule has 0 atom stereocenters. The highest BCUT2D eigenvalue weighted by Gasteiger charge is 2.30. The largest absolute Gasteiger partial charge is 0.276 e. The van der Waals surface area contributed by atoms with E-state index in [0.29, 0.717) is 22.0 Å². The molecule has 4 nitrogen and oxygen atoms in total. The highest BCUT2D eigenvalue weighted by atomic mass is 32.1. The monoisotopic (exact) mass is 340 g/mol. The van der Waals surface area contributed by atoms with E-state index < -0.39 is 23.0 Å². The molecule has 1 aromatic carbocycles. The molecule has 0 radical (unpaired) electrons. The molecule has 0 unspecified atom stereocenters. The standard InChI is InChI=1S/C15H11F3N2O2S/c1-7-15(14-9(17)4-8(16)5-10(14)18)19-11(23-7)6-20-12(21)2-3-13(20)22/h4-5H,2-3,6H2,1H3. The molecule has 0 saturated carbocycles. The van der Waals surface area contributed by atoms with Crippen molar-refractivity contribution in [2.45, 2.75) is 26.3 Å². The summed E-state index contributed by atoms with van der Waals surface area (Å²) in [6.07, 6.45) is 0.328. The van der Waals surface area contributed by atoms with Gasteiger partial charge >= 0.3 is 0 Å². The van der Waals surface area contributed by atoms with Gasteiger partial charge in [0.2, 0.25) is 11.8 Å². The Hall–Kier alpha value is -2.22. The summed E-state index contributed by atoms with van der Waals surface area (Å²) in [4.78, 5) is 29.0. The molecule has 1 aliphatic heterocycles. The molecule has 8 heteroatoms. The highest BCUT2D eigenvalue weighted by Crippen LogP contribution is 2.33. The lowest BCUT2D eigenvalue weighted by molar-refractivity contribution is -0.139. The van der Waals surface area contributed by atoms with Gasteiger partial charge in [-0.05, 0) is 6.92 Å². The second-order valence-corrected chi connectivity index (χ2v) is 6.42. The maximum absolute atomic E-state index is 13.9. The number of carbonyl (C=O) groups excluding carboxylic acids is 2. The number of imide groups is 1. The summed E-state index contributed by atoms with van der Waals surface area (Å²) in [5.74, 6) is -3.68. The fourth-order valence-corrected chi connectivity index (χ4v) is 3.38. The summed E-state index contributed by atoms with van der Waals surface area (Å²) in [6, 6.07) is 1.18. The summed E-state index contributed by atoms with van der Waals surface area (Å²) < 4.78 is 40.8. The van der Waals surface area contributed by atoms with Crippen LogP contribution in [0.3, 0.4) is 0 Å². The number of benzene rings is 1. The van der Waals surface area contributed by atoms with Crippen LogP contribution in [0.4, 0.5) is 13.2 Å². The van der Waals surface area contributed by atoms with Crippen LogP contribution in [0, 0.1) is 24.4 Å². The number of halogens is 3. The Bertz CT molecular complexity index is 780. The zero-order valence-corrected chi connectivity index (χ0v) is 12.8. The van der Waals surface area contributed by atoms with Crippen LogP contribution in [0.25, 0.3) is 11.3 Å². The lowest BCUT2D eigenvalue weighted by Gasteiger charge is -2.10. The molecule has 3 rings (SSSR count). The van der Waals surface area contributed by atoms with Gasteiger partial charge in [0.1, 0.15) is 22.5 Å². The summed E-state index contributed by atoms with van der Waals surface area (Å²) in [7, 11) is 0. The number of hydrogen-bond donors (Lipinski definition) is 0. The van der Waals surface area contributed by atoms with Crippen molar-refractivity contribution in [3.63, 3.8) is 0 Å². The van der Waals surface area contributed by atoms with Gasteiger partial charge in [0.25, 0.3) is 0 Å². The minimum atomic E-state index is -1.05. The van der Waals surface area contributed by atoms with E-state index in [4.69, 9.17) is 0 Å². The number of amides is 2. The Morgan fingerprint density at radius 1 is 1.13 bits per heavy atom. The molecular weight excluding hydrogens is 329 g/mol. The first-order valence-corrected chi connectivity index (χ1v) is 7.63. The second kappa shape index (κ2) is 5.77. The first-order chi connectivity index (χ1) is 10.9. The van der Waals surface area contributed by atoms with Crippen molar-refractivity contribution in [3.05, 3.63) is 39.5 Å². The van der Waals surface area contributed by atoms with E-state index in [1.54, 1.807) is 6.92 Å². The lowest BCUT2D eigenvalue weighted by atomic mass is 10.1. The molecule has 1 aromatic heterocycles. The van der Waals surface area contributed by atoms with Crippen molar-refractivity contribution in [3.8, 4) is 11.3 Å². The minimum absolute atomic E-state index is 0.0202. The Kier molecular flexibility index (Phi) is 3.93. The quantitative estimate of drug-likeness (QED) is 0.807. The number of aromatic nitrogens is 1. The fourth-order valence-electron chi connectivity index (χ4n) is 2.45. The SMILES string of the molecule is Cc1sc(CN2C(=O)CCC2=O)nc1-c1c(F)cc(F)cc1F. The highest BCUT2D eigenvalue weighted by molar-refractivity contribution is 7.12. The Morgan fingerprint density at radius 3 is 2.26 bits per heavy atom. The first kappa shape index (κ1) is 15.7. The van der Waals surface area contributed by atoms with E-state index in [1.165, 1.54) is 0 Å². The Morgan fingerprint density at radius 2 is 1.70 bits per heavy atom. The van der Waals surface area contributed by atoms with E-state index in [9.17, 15) is 22.8 Å². The number of hydrogen-bond acceptors (Lipinski definition) is 4. The molecule has 2 heterocycles. The first-order valence-electron chi connectivity index (χ1n) is 6.81. The summed E-state index contributed by atoms with van der Waals surface area (Å²) in [5, 5.41) is 0.393.